The first-order chi connectivity index (χ1) is 13.5. The summed E-state index contributed by atoms with van der Waals surface area (Å²) in [5.41, 5.74) is 4.24. The first-order valence-electron chi connectivity index (χ1n) is 9.06. The van der Waals surface area contributed by atoms with Crippen molar-refractivity contribution in [3.05, 3.63) is 59.6 Å². The third-order valence-electron chi connectivity index (χ3n) is 4.94. The molecule has 0 bridgehead atoms. The van der Waals surface area contributed by atoms with Crippen LogP contribution in [0.2, 0.25) is 0 Å². The molecule has 0 aliphatic carbocycles. The Bertz CT molecular complexity index is 1060. The minimum absolute atomic E-state index is 0.0186. The number of fused-ring (bicyclic) bond motifs is 1. The summed E-state index contributed by atoms with van der Waals surface area (Å²) in [7, 11) is 0. The second-order valence-electron chi connectivity index (χ2n) is 6.94. The van der Waals surface area contributed by atoms with Crippen molar-refractivity contribution >= 4 is 23.2 Å². The Kier molecular flexibility index (Phi) is 4.43. The number of carbonyl (C=O) groups is 2. The summed E-state index contributed by atoms with van der Waals surface area (Å²) in [6.45, 7) is 5.29. The fourth-order valence-electron chi connectivity index (χ4n) is 3.73. The summed E-state index contributed by atoms with van der Waals surface area (Å²) >= 11 is 0. The zero-order chi connectivity index (χ0) is 19.8. The fraction of sp³-hybridized carbons (Fsp3) is 0.238. The van der Waals surface area contributed by atoms with Gasteiger partial charge in [0, 0.05) is 42.3 Å². The standard InChI is InChI=1S/C21H20N4O3/c1-12-10-16-11-17(4-5-18(16)25(12)14(3)26)23-21(27)19-13(2)28-24-20(19)15-6-8-22-9-7-15/h4-9,11-12H,10H2,1-3H3,(H,23,27)/t12-/m1/s1. The van der Waals surface area contributed by atoms with Gasteiger partial charge in [0.1, 0.15) is 17.0 Å². The van der Waals surface area contributed by atoms with Gasteiger partial charge in [-0.15, -0.1) is 0 Å². The van der Waals surface area contributed by atoms with Crippen molar-refractivity contribution in [1.29, 1.82) is 0 Å². The van der Waals surface area contributed by atoms with Gasteiger partial charge in [0.05, 0.1) is 0 Å². The lowest BCUT2D eigenvalue weighted by atomic mass is 10.1. The van der Waals surface area contributed by atoms with E-state index in [1.54, 1.807) is 49.3 Å². The van der Waals surface area contributed by atoms with Crippen molar-refractivity contribution in [3.63, 3.8) is 0 Å². The maximum absolute atomic E-state index is 12.9. The maximum Gasteiger partial charge on any atom is 0.261 e. The van der Waals surface area contributed by atoms with E-state index in [-0.39, 0.29) is 17.9 Å². The Morgan fingerprint density at radius 2 is 1.96 bits per heavy atom. The number of anilines is 2. The molecule has 1 aromatic carbocycles. The number of rotatable bonds is 3. The van der Waals surface area contributed by atoms with Gasteiger partial charge in [-0.2, -0.15) is 0 Å². The number of hydrogen-bond donors (Lipinski definition) is 1. The minimum Gasteiger partial charge on any atom is -0.360 e. The van der Waals surface area contributed by atoms with Crippen molar-refractivity contribution in [1.82, 2.24) is 10.1 Å². The average molecular weight is 376 g/mol. The van der Waals surface area contributed by atoms with Crippen LogP contribution in [0.4, 0.5) is 11.4 Å². The van der Waals surface area contributed by atoms with Crippen LogP contribution in [-0.2, 0) is 11.2 Å². The Morgan fingerprint density at radius 3 is 2.68 bits per heavy atom. The van der Waals surface area contributed by atoms with Gasteiger partial charge in [-0.25, -0.2) is 0 Å². The monoisotopic (exact) mass is 376 g/mol. The van der Waals surface area contributed by atoms with Crippen LogP contribution >= 0.6 is 0 Å². The van der Waals surface area contributed by atoms with Crippen molar-refractivity contribution in [2.75, 3.05) is 10.2 Å². The van der Waals surface area contributed by atoms with Crippen LogP contribution in [0.5, 0.6) is 0 Å². The van der Waals surface area contributed by atoms with Gasteiger partial charge in [0.2, 0.25) is 5.91 Å². The second-order valence-corrected chi connectivity index (χ2v) is 6.94. The average Bonchev–Trinajstić information content (AvgIpc) is 3.21. The molecule has 2 aromatic heterocycles. The maximum atomic E-state index is 12.9. The van der Waals surface area contributed by atoms with Crippen LogP contribution in [0.3, 0.4) is 0 Å². The minimum atomic E-state index is -0.292. The van der Waals surface area contributed by atoms with Gasteiger partial charge in [-0.1, -0.05) is 5.16 Å². The second kappa shape index (κ2) is 6.92. The van der Waals surface area contributed by atoms with E-state index in [1.807, 2.05) is 19.1 Å². The van der Waals surface area contributed by atoms with E-state index in [0.717, 1.165) is 23.2 Å². The first kappa shape index (κ1) is 17.9. The zero-order valence-corrected chi connectivity index (χ0v) is 15.9. The van der Waals surface area contributed by atoms with E-state index in [1.165, 1.54) is 0 Å². The summed E-state index contributed by atoms with van der Waals surface area (Å²) in [6, 6.07) is 9.26. The number of nitrogens with one attached hydrogen (secondary N) is 1. The third kappa shape index (κ3) is 3.05. The van der Waals surface area contributed by atoms with Crippen molar-refractivity contribution in [2.24, 2.45) is 0 Å². The van der Waals surface area contributed by atoms with Crippen LogP contribution in [0.15, 0.2) is 47.2 Å². The molecule has 7 nitrogen and oxygen atoms in total. The fourth-order valence-corrected chi connectivity index (χ4v) is 3.73. The van der Waals surface area contributed by atoms with Crippen LogP contribution in [-0.4, -0.2) is 28.0 Å². The molecule has 1 aliphatic heterocycles. The van der Waals surface area contributed by atoms with Crippen molar-refractivity contribution in [2.45, 2.75) is 33.2 Å². The van der Waals surface area contributed by atoms with Gasteiger partial charge in [-0.3, -0.25) is 14.6 Å². The molecule has 0 saturated heterocycles. The number of aromatic nitrogens is 2. The SMILES string of the molecule is CC(=O)N1c2ccc(NC(=O)c3c(-c4ccncc4)noc3C)cc2C[C@H]1C. The molecule has 3 heterocycles. The largest absolute Gasteiger partial charge is 0.360 e. The van der Waals surface area contributed by atoms with E-state index in [2.05, 4.69) is 15.5 Å². The molecular weight excluding hydrogens is 356 g/mol. The zero-order valence-electron chi connectivity index (χ0n) is 15.9. The van der Waals surface area contributed by atoms with Crippen LogP contribution in [0.1, 0.15) is 35.5 Å². The highest BCUT2D eigenvalue weighted by Crippen LogP contribution is 2.34. The molecule has 3 aromatic rings. The Hall–Kier alpha value is -3.48. The molecule has 1 N–H and O–H groups in total. The molecule has 0 radical (unpaired) electrons. The van der Waals surface area contributed by atoms with Crippen molar-refractivity contribution < 1.29 is 14.1 Å². The van der Waals surface area contributed by atoms with Gasteiger partial charge >= 0.3 is 0 Å². The van der Waals surface area contributed by atoms with Gasteiger partial charge < -0.3 is 14.7 Å². The summed E-state index contributed by atoms with van der Waals surface area (Å²) < 4.78 is 5.26. The molecule has 7 heteroatoms. The summed E-state index contributed by atoms with van der Waals surface area (Å²) in [4.78, 5) is 30.6. The van der Waals surface area contributed by atoms with E-state index >= 15 is 0 Å². The molecule has 1 atom stereocenters. The van der Waals surface area contributed by atoms with Crippen LogP contribution in [0, 0.1) is 6.92 Å². The summed E-state index contributed by atoms with van der Waals surface area (Å²) in [6.07, 6.45) is 4.04. The van der Waals surface area contributed by atoms with E-state index in [4.69, 9.17) is 4.52 Å². The molecule has 142 valence electrons. The Morgan fingerprint density at radius 1 is 1.21 bits per heavy atom. The number of nitrogens with zero attached hydrogens (tertiary/aromatic N) is 3. The number of carbonyl (C=O) groups excluding carboxylic acids is 2. The molecule has 4 rings (SSSR count). The molecule has 2 amide bonds. The highest BCUT2D eigenvalue weighted by Gasteiger charge is 2.29. The lowest BCUT2D eigenvalue weighted by molar-refractivity contribution is -0.116. The molecule has 0 fully saturated rings. The lowest BCUT2D eigenvalue weighted by Gasteiger charge is -2.20. The quantitative estimate of drug-likeness (QED) is 0.755. The van der Waals surface area contributed by atoms with Crippen molar-refractivity contribution in [3.8, 4) is 11.3 Å². The smallest absolute Gasteiger partial charge is 0.261 e. The predicted octanol–water partition coefficient (Wildman–Crippen LogP) is 3.59. The molecule has 0 spiro atoms. The molecule has 0 unspecified atom stereocenters. The third-order valence-corrected chi connectivity index (χ3v) is 4.94. The molecule has 1 aliphatic rings. The predicted molar refractivity (Wildman–Crippen MR) is 105 cm³/mol. The normalized spacial score (nSPS) is 15.4. The summed E-state index contributed by atoms with van der Waals surface area (Å²) in [5, 5.41) is 6.96. The highest BCUT2D eigenvalue weighted by molar-refractivity contribution is 6.09. The summed E-state index contributed by atoms with van der Waals surface area (Å²) in [5.74, 6) is 0.173. The lowest BCUT2D eigenvalue weighted by Crippen LogP contribution is -2.33. The highest BCUT2D eigenvalue weighted by atomic mass is 16.5. The molecule has 0 saturated carbocycles. The number of amides is 2. The number of hydrogen-bond acceptors (Lipinski definition) is 5. The molecular formula is C21H20N4O3. The Labute approximate surface area is 162 Å². The van der Waals surface area contributed by atoms with Crippen LogP contribution < -0.4 is 10.2 Å². The molecule has 28 heavy (non-hydrogen) atoms. The van der Waals surface area contributed by atoms with E-state index in [0.29, 0.717) is 22.7 Å². The number of aryl methyl sites for hydroxylation is 1. The van der Waals surface area contributed by atoms with E-state index in [9.17, 15) is 9.59 Å². The number of benzene rings is 1. The van der Waals surface area contributed by atoms with E-state index < -0.39 is 0 Å². The van der Waals surface area contributed by atoms with Crippen LogP contribution in [0.25, 0.3) is 11.3 Å². The first-order valence-corrected chi connectivity index (χ1v) is 9.06. The number of pyridine rings is 1. The van der Waals surface area contributed by atoms with Gasteiger partial charge in [0.25, 0.3) is 5.91 Å². The van der Waals surface area contributed by atoms with Gasteiger partial charge in [-0.05, 0) is 56.2 Å². The Balaban J connectivity index is 1.62. The van der Waals surface area contributed by atoms with Gasteiger partial charge in [0.15, 0.2) is 0 Å². The topological polar surface area (TPSA) is 88.3 Å².